The highest BCUT2D eigenvalue weighted by atomic mass is 16.7. The van der Waals surface area contributed by atoms with Gasteiger partial charge in [-0.05, 0) is 0 Å². The summed E-state index contributed by atoms with van der Waals surface area (Å²) in [5.74, 6) is -4.60. The number of Topliss-reactive ketones (excluding diaryl/α,β-unsaturated/α-hetero) is 1. The van der Waals surface area contributed by atoms with Crippen LogP contribution in [-0.4, -0.2) is 28.7 Å². The maximum absolute atomic E-state index is 12.0. The highest BCUT2D eigenvalue weighted by Crippen LogP contribution is 2.35. The van der Waals surface area contributed by atoms with Crippen molar-refractivity contribution < 1.29 is 28.8 Å². The molecule has 7 heteroatoms. The zero-order valence-corrected chi connectivity index (χ0v) is 9.49. The van der Waals surface area contributed by atoms with Crippen LogP contribution in [0.3, 0.4) is 0 Å². The van der Waals surface area contributed by atoms with Gasteiger partial charge >= 0.3 is 11.9 Å². The molecule has 1 saturated heterocycles. The summed E-state index contributed by atoms with van der Waals surface area (Å²) in [7, 11) is 0. The van der Waals surface area contributed by atoms with Crippen molar-refractivity contribution in [3.05, 3.63) is 35.8 Å². The summed E-state index contributed by atoms with van der Waals surface area (Å²) < 4.78 is 4.85. The molecule has 1 aliphatic carbocycles. The molecule has 1 fully saturated rings. The predicted molar refractivity (Wildman–Crippen MR) is 57.5 cm³/mol. The van der Waals surface area contributed by atoms with Crippen molar-refractivity contribution in [3.63, 3.8) is 0 Å². The lowest BCUT2D eigenvalue weighted by Crippen LogP contribution is -2.37. The number of carbonyl (C=O) groups excluding carboxylic acids is 4. The highest BCUT2D eigenvalue weighted by Gasteiger charge is 2.45. The largest absolute Gasteiger partial charge is 0.400 e. The van der Waals surface area contributed by atoms with Crippen LogP contribution in [0, 0.1) is 5.92 Å². The number of allylic oxidation sites excluding steroid dienone is 3. The number of ether oxygens (including phenoxy) is 1. The molecule has 0 aromatic rings. The Morgan fingerprint density at radius 1 is 1.16 bits per heavy atom. The molecular formula is C12H7NO6. The molecule has 19 heavy (non-hydrogen) atoms. The fraction of sp³-hybridized carbons (Fsp3) is 0.167. The predicted octanol–water partition coefficient (Wildman–Crippen LogP) is -0.243. The van der Waals surface area contributed by atoms with Crippen molar-refractivity contribution in [1.82, 2.24) is 5.06 Å². The highest BCUT2D eigenvalue weighted by molar-refractivity contribution is 6.37. The van der Waals surface area contributed by atoms with E-state index in [1.54, 1.807) is 24.3 Å². The molecule has 0 bridgehead atoms. The molecule has 0 radical (unpaired) electrons. The number of esters is 1. The molecule has 7 nitrogen and oxygen atoms in total. The van der Waals surface area contributed by atoms with Crippen LogP contribution >= 0.6 is 0 Å². The Morgan fingerprint density at radius 3 is 2.74 bits per heavy atom. The first-order valence-corrected chi connectivity index (χ1v) is 5.47. The van der Waals surface area contributed by atoms with Gasteiger partial charge in [0.15, 0.2) is 0 Å². The molecule has 0 N–H and O–H groups in total. The molecule has 2 aliphatic heterocycles. The standard InChI is InChI=1S/C12H7NO6/c14-8-5-9(15)19-13-10(16)6-3-1-2-4-7(6)11(13)18-12(8)17/h1-4,6H,5H2. The van der Waals surface area contributed by atoms with E-state index in [1.165, 1.54) is 0 Å². The Morgan fingerprint density at radius 2 is 1.95 bits per heavy atom. The van der Waals surface area contributed by atoms with E-state index >= 15 is 0 Å². The van der Waals surface area contributed by atoms with Gasteiger partial charge in [-0.2, -0.15) is 0 Å². The Bertz CT molecular complexity index is 612. The number of carbonyl (C=O) groups is 4. The van der Waals surface area contributed by atoms with Crippen LogP contribution in [0.2, 0.25) is 0 Å². The van der Waals surface area contributed by atoms with Crippen molar-refractivity contribution in [1.29, 1.82) is 0 Å². The summed E-state index contributed by atoms with van der Waals surface area (Å²) in [5, 5.41) is 0.632. The van der Waals surface area contributed by atoms with Crippen LogP contribution in [0.4, 0.5) is 0 Å². The fourth-order valence-electron chi connectivity index (χ4n) is 1.97. The van der Waals surface area contributed by atoms with Crippen LogP contribution in [-0.2, 0) is 28.8 Å². The molecule has 0 saturated carbocycles. The topological polar surface area (TPSA) is 90.0 Å². The number of nitrogens with zero attached hydrogens (tertiary/aromatic N) is 1. The van der Waals surface area contributed by atoms with Gasteiger partial charge in [0, 0.05) is 5.57 Å². The molecule has 0 spiro atoms. The minimum atomic E-state index is -1.18. The summed E-state index contributed by atoms with van der Waals surface area (Å²) in [5.41, 5.74) is 0.378. The van der Waals surface area contributed by atoms with E-state index in [9.17, 15) is 19.2 Å². The van der Waals surface area contributed by atoms with Gasteiger partial charge in [0.25, 0.3) is 11.7 Å². The number of hydroxylamine groups is 2. The average molecular weight is 261 g/mol. The van der Waals surface area contributed by atoms with Gasteiger partial charge in [-0.25, -0.2) is 9.59 Å². The van der Waals surface area contributed by atoms with Gasteiger partial charge in [0.05, 0.1) is 5.92 Å². The molecule has 1 unspecified atom stereocenters. The van der Waals surface area contributed by atoms with Gasteiger partial charge in [-0.1, -0.05) is 24.3 Å². The SMILES string of the molecule is O=C1CC(=O)C(=O)OC2=C3C=CC=CC3C(=O)N2O1. The van der Waals surface area contributed by atoms with Crippen molar-refractivity contribution in [2.45, 2.75) is 6.42 Å². The lowest BCUT2D eigenvalue weighted by molar-refractivity contribution is -0.202. The third kappa shape index (κ3) is 1.67. The van der Waals surface area contributed by atoms with Crippen molar-refractivity contribution in [2.24, 2.45) is 5.92 Å². The van der Waals surface area contributed by atoms with E-state index < -0.39 is 36.0 Å². The smallest absolute Gasteiger partial charge is 0.382 e. The number of fused-ring (bicyclic) bond motifs is 2. The molecule has 1 atom stereocenters. The zero-order chi connectivity index (χ0) is 13.6. The van der Waals surface area contributed by atoms with Gasteiger partial charge in [-0.15, -0.1) is 5.06 Å². The van der Waals surface area contributed by atoms with Crippen LogP contribution in [0.5, 0.6) is 0 Å². The quantitative estimate of drug-likeness (QED) is 0.339. The summed E-state index contributed by atoms with van der Waals surface area (Å²) >= 11 is 0. The van der Waals surface area contributed by atoms with Crippen LogP contribution in [0.25, 0.3) is 0 Å². The molecule has 2 heterocycles. The first-order chi connectivity index (χ1) is 9.08. The Labute approximate surface area is 106 Å². The van der Waals surface area contributed by atoms with Crippen LogP contribution in [0.1, 0.15) is 6.42 Å². The third-order valence-corrected chi connectivity index (χ3v) is 2.84. The van der Waals surface area contributed by atoms with E-state index in [2.05, 4.69) is 0 Å². The average Bonchev–Trinajstić information content (AvgIpc) is 2.63. The van der Waals surface area contributed by atoms with Crippen molar-refractivity contribution in [2.75, 3.05) is 0 Å². The van der Waals surface area contributed by atoms with Crippen molar-refractivity contribution >= 4 is 23.6 Å². The molecule has 3 rings (SSSR count). The van der Waals surface area contributed by atoms with Gasteiger partial charge in [-0.3, -0.25) is 9.59 Å². The number of amides is 1. The molecule has 1 amide bonds. The third-order valence-electron chi connectivity index (χ3n) is 2.84. The Kier molecular flexibility index (Phi) is 2.34. The summed E-state index contributed by atoms with van der Waals surface area (Å²) in [6.07, 6.45) is 5.69. The second-order valence-electron chi connectivity index (χ2n) is 4.07. The maximum atomic E-state index is 12.0. The normalized spacial score (nSPS) is 25.7. The Hall–Kier alpha value is -2.70. The molecule has 0 aromatic carbocycles. The van der Waals surface area contributed by atoms with Crippen LogP contribution < -0.4 is 0 Å². The number of hydrogen-bond donors (Lipinski definition) is 0. The van der Waals surface area contributed by atoms with E-state index in [0.717, 1.165) is 0 Å². The van der Waals surface area contributed by atoms with Crippen molar-refractivity contribution in [3.8, 4) is 0 Å². The van der Waals surface area contributed by atoms with E-state index in [0.29, 0.717) is 10.6 Å². The second-order valence-corrected chi connectivity index (χ2v) is 4.07. The van der Waals surface area contributed by atoms with Crippen LogP contribution in [0.15, 0.2) is 35.8 Å². The minimum absolute atomic E-state index is 0.220. The number of ketones is 1. The lowest BCUT2D eigenvalue weighted by Gasteiger charge is -2.20. The summed E-state index contributed by atoms with van der Waals surface area (Å²) in [6, 6.07) is 0. The Balaban J connectivity index is 2.07. The monoisotopic (exact) mass is 261 g/mol. The fourth-order valence-corrected chi connectivity index (χ4v) is 1.97. The summed E-state index contributed by atoms with van der Waals surface area (Å²) in [6.45, 7) is 0. The number of rotatable bonds is 0. The van der Waals surface area contributed by atoms with Gasteiger partial charge < -0.3 is 9.57 Å². The van der Waals surface area contributed by atoms with E-state index in [1.807, 2.05) is 0 Å². The maximum Gasteiger partial charge on any atom is 0.382 e. The van der Waals surface area contributed by atoms with Gasteiger partial charge in [0.1, 0.15) is 6.42 Å². The zero-order valence-electron chi connectivity index (χ0n) is 9.49. The molecule has 0 aromatic heterocycles. The number of hydrogen-bond acceptors (Lipinski definition) is 6. The minimum Gasteiger partial charge on any atom is -0.400 e. The molecule has 3 aliphatic rings. The lowest BCUT2D eigenvalue weighted by atomic mass is 9.97. The van der Waals surface area contributed by atoms with Gasteiger partial charge in [0.2, 0.25) is 5.88 Å². The van der Waals surface area contributed by atoms with E-state index in [4.69, 9.17) is 9.57 Å². The summed E-state index contributed by atoms with van der Waals surface area (Å²) in [4.78, 5) is 50.9. The second kappa shape index (κ2) is 3.91. The van der Waals surface area contributed by atoms with E-state index in [-0.39, 0.29) is 5.88 Å². The molecule has 96 valence electrons. The first-order valence-electron chi connectivity index (χ1n) is 5.47. The first kappa shape index (κ1) is 11.4. The molecular weight excluding hydrogens is 254 g/mol.